The zero-order valence-corrected chi connectivity index (χ0v) is 60.5. The summed E-state index contributed by atoms with van der Waals surface area (Å²) in [5.74, 6) is 3.69. The molecule has 22 aromatic rings. The Morgan fingerprint density at radius 1 is 0.161 bits per heavy atom. The lowest BCUT2D eigenvalue weighted by Gasteiger charge is -2.17. The minimum Gasteiger partial charge on any atom is -0.455 e. The summed E-state index contributed by atoms with van der Waals surface area (Å²) in [4.78, 5) is 31.2. The summed E-state index contributed by atoms with van der Waals surface area (Å²) in [5, 5.41) is 15.4. The van der Waals surface area contributed by atoms with Gasteiger partial charge in [-0.05, 0) is 129 Å². The predicted octanol–water partition coefficient (Wildman–Crippen LogP) is 27.6. The van der Waals surface area contributed by atoms with Crippen LogP contribution in [0.15, 0.2) is 397 Å². The maximum atomic E-state index is 6.92. The van der Waals surface area contributed by atoms with Crippen molar-refractivity contribution in [2.75, 3.05) is 0 Å². The lowest BCUT2D eigenvalue weighted by atomic mass is 9.86. The van der Waals surface area contributed by atoms with E-state index in [1.54, 1.807) is 0 Å². The molecule has 0 unspecified atom stereocenters. The van der Waals surface area contributed by atoms with E-state index in [4.69, 9.17) is 38.7 Å². The van der Waals surface area contributed by atoms with E-state index in [2.05, 4.69) is 297 Å². The Morgan fingerprint density at radius 2 is 0.464 bits per heavy atom. The Bertz CT molecular complexity index is 7350. The number of aromatic nitrogens is 6. The molecule has 4 aromatic heterocycles. The molecule has 0 aliphatic heterocycles. The van der Waals surface area contributed by atoms with Crippen LogP contribution < -0.4 is 0 Å². The van der Waals surface area contributed by atoms with Gasteiger partial charge in [-0.2, -0.15) is 0 Å². The molecule has 522 valence electrons. The molecular formula is C104H64N6O2. The van der Waals surface area contributed by atoms with Gasteiger partial charge in [0.2, 0.25) is 0 Å². The van der Waals surface area contributed by atoms with Gasteiger partial charge in [-0.3, -0.25) is 0 Å². The molecule has 0 spiro atoms. The summed E-state index contributed by atoms with van der Waals surface area (Å²) in [6.45, 7) is 0. The summed E-state index contributed by atoms with van der Waals surface area (Å²) in [7, 11) is 0. The SMILES string of the molecule is c1ccc(-c2ccc(-c3nc(-c4ccc5ccccc5c4)nc(-c4c5ccccc5c(-c5ccc(-c6ccccc6)cc5)c5oc6ccccc6c45)n3)cc2)cc1.c1ccc(-c2nc(-c3ccccc3)nc(-c3cc(-c4c5ccccc5c(-c5ccc6ccccc6c5)c5oc6ccccc6c45)cc4ccccc34)n2)cc1. The van der Waals surface area contributed by atoms with E-state index in [0.717, 1.165) is 170 Å². The molecule has 4 heterocycles. The van der Waals surface area contributed by atoms with Crippen LogP contribution in [0.5, 0.6) is 0 Å². The molecule has 0 N–H and O–H groups in total. The van der Waals surface area contributed by atoms with Gasteiger partial charge in [0.25, 0.3) is 0 Å². The van der Waals surface area contributed by atoms with Gasteiger partial charge in [-0.1, -0.05) is 352 Å². The highest BCUT2D eigenvalue weighted by Gasteiger charge is 2.28. The molecule has 0 fully saturated rings. The van der Waals surface area contributed by atoms with Crippen LogP contribution in [0.3, 0.4) is 0 Å². The third kappa shape index (κ3) is 11.7. The zero-order valence-electron chi connectivity index (χ0n) is 60.5. The number of para-hydroxylation sites is 2. The van der Waals surface area contributed by atoms with Crippen LogP contribution in [0.4, 0.5) is 0 Å². The Morgan fingerprint density at radius 3 is 0.973 bits per heavy atom. The number of rotatable bonds is 11. The molecule has 0 atom stereocenters. The molecular weight excluding hydrogens is 1370 g/mol. The number of benzene rings is 18. The van der Waals surface area contributed by atoms with Crippen molar-refractivity contribution in [1.29, 1.82) is 0 Å². The maximum Gasteiger partial charge on any atom is 0.165 e. The quantitative estimate of drug-likeness (QED) is 0.126. The van der Waals surface area contributed by atoms with E-state index < -0.39 is 0 Å². The van der Waals surface area contributed by atoms with Crippen LogP contribution in [0.2, 0.25) is 0 Å². The van der Waals surface area contributed by atoms with E-state index in [1.807, 2.05) is 91.0 Å². The van der Waals surface area contributed by atoms with Crippen molar-refractivity contribution < 1.29 is 8.83 Å². The second-order valence-corrected chi connectivity index (χ2v) is 28.3. The Kier molecular flexibility index (Phi) is 16.1. The van der Waals surface area contributed by atoms with E-state index >= 15 is 0 Å². The third-order valence-electron chi connectivity index (χ3n) is 21.6. The van der Waals surface area contributed by atoms with Crippen molar-refractivity contribution in [3.63, 3.8) is 0 Å². The Hall–Kier alpha value is -15.1. The minimum absolute atomic E-state index is 0.592. The molecule has 112 heavy (non-hydrogen) atoms. The maximum absolute atomic E-state index is 6.92. The summed E-state index contributed by atoms with van der Waals surface area (Å²) in [6.07, 6.45) is 0. The fourth-order valence-electron chi connectivity index (χ4n) is 16.3. The highest BCUT2D eigenvalue weighted by atomic mass is 16.3. The van der Waals surface area contributed by atoms with E-state index in [9.17, 15) is 0 Å². The average molecular weight is 1430 g/mol. The van der Waals surface area contributed by atoms with Crippen molar-refractivity contribution in [2.24, 2.45) is 0 Å². The van der Waals surface area contributed by atoms with E-state index in [1.165, 1.54) is 16.3 Å². The van der Waals surface area contributed by atoms with Crippen LogP contribution in [0.1, 0.15) is 0 Å². The number of hydrogen-bond donors (Lipinski definition) is 0. The Labute approximate surface area is 644 Å². The molecule has 0 saturated heterocycles. The molecule has 0 radical (unpaired) electrons. The summed E-state index contributed by atoms with van der Waals surface area (Å²) >= 11 is 0. The van der Waals surface area contributed by atoms with Crippen LogP contribution in [-0.2, 0) is 0 Å². The van der Waals surface area contributed by atoms with Gasteiger partial charge in [0, 0.05) is 71.6 Å². The van der Waals surface area contributed by atoms with Crippen LogP contribution in [-0.4, -0.2) is 29.9 Å². The fourth-order valence-corrected chi connectivity index (χ4v) is 16.3. The minimum atomic E-state index is 0.592. The van der Waals surface area contributed by atoms with Gasteiger partial charge in [0.15, 0.2) is 34.9 Å². The molecule has 0 aliphatic carbocycles. The number of fused-ring (bicyclic) bond motifs is 11. The molecule has 0 aliphatic rings. The first-order valence-corrected chi connectivity index (χ1v) is 37.7. The van der Waals surface area contributed by atoms with Crippen LogP contribution in [0.25, 0.3) is 222 Å². The molecule has 0 amide bonds. The van der Waals surface area contributed by atoms with Gasteiger partial charge in [0.05, 0.1) is 0 Å². The highest BCUT2D eigenvalue weighted by Crippen LogP contribution is 2.51. The van der Waals surface area contributed by atoms with Crippen molar-refractivity contribution in [3.05, 3.63) is 388 Å². The number of hydrogen-bond acceptors (Lipinski definition) is 8. The predicted molar refractivity (Wildman–Crippen MR) is 462 cm³/mol. The molecule has 8 heteroatoms. The third-order valence-corrected chi connectivity index (χ3v) is 21.6. The summed E-state index contributed by atoms with van der Waals surface area (Å²) < 4.78 is 13.8. The first kappa shape index (κ1) is 65.2. The van der Waals surface area contributed by atoms with Crippen molar-refractivity contribution in [3.8, 4) is 124 Å². The fraction of sp³-hybridized carbons (Fsp3) is 0. The largest absolute Gasteiger partial charge is 0.455 e. The van der Waals surface area contributed by atoms with Gasteiger partial charge in [-0.25, -0.2) is 29.9 Å². The normalized spacial score (nSPS) is 11.6. The zero-order chi connectivity index (χ0) is 74.0. The number of nitrogens with zero attached hydrogens (tertiary/aromatic N) is 6. The molecule has 18 aromatic carbocycles. The van der Waals surface area contributed by atoms with Gasteiger partial charge < -0.3 is 8.83 Å². The van der Waals surface area contributed by atoms with Crippen molar-refractivity contribution in [1.82, 2.24) is 29.9 Å². The topological polar surface area (TPSA) is 104 Å². The standard InChI is InChI=1S/C53H33N3O.C51H31N3O/c1-3-13-34(14-4-1)37-23-28-39(29-24-37)47-43-19-9-10-20-44(43)49(48-45-21-11-12-22-46(45)57-50(47)48)53-55-51(40-30-25-38(26-31-40)35-15-5-2-6-16-35)54-52(56-53)42-32-27-36-17-7-8-18-41(36)33-42;1-3-16-33(17-4-1)49-52-50(34-18-5-2-6-19-34)54-51(53-49)43-31-38(30-36-21-9-10-22-39(36)43)45-40-23-11-12-24-41(40)46(37-28-27-32-15-7-8-20-35(32)29-37)48-47(45)42-25-13-14-26-44(42)55-48/h1-33H;1-31H. The van der Waals surface area contributed by atoms with Crippen LogP contribution in [0, 0.1) is 0 Å². The van der Waals surface area contributed by atoms with E-state index in [0.29, 0.717) is 34.9 Å². The summed E-state index contributed by atoms with van der Waals surface area (Å²) in [5.41, 5.74) is 20.1. The number of furan rings is 2. The smallest absolute Gasteiger partial charge is 0.165 e. The monoisotopic (exact) mass is 1430 g/mol. The Balaban J connectivity index is 0.000000142. The molecule has 22 rings (SSSR count). The molecule has 0 bridgehead atoms. The van der Waals surface area contributed by atoms with Crippen molar-refractivity contribution in [2.45, 2.75) is 0 Å². The average Bonchev–Trinajstić information content (AvgIpc) is 1.49. The van der Waals surface area contributed by atoms with Gasteiger partial charge in [0.1, 0.15) is 22.3 Å². The van der Waals surface area contributed by atoms with Gasteiger partial charge in [-0.15, -0.1) is 0 Å². The van der Waals surface area contributed by atoms with Crippen LogP contribution >= 0.6 is 0 Å². The molecule has 0 saturated carbocycles. The van der Waals surface area contributed by atoms with Crippen molar-refractivity contribution >= 4 is 97.7 Å². The lowest BCUT2D eigenvalue weighted by Crippen LogP contribution is -2.01. The second-order valence-electron chi connectivity index (χ2n) is 28.3. The van der Waals surface area contributed by atoms with E-state index in [-0.39, 0.29) is 0 Å². The first-order valence-electron chi connectivity index (χ1n) is 37.7. The first-order chi connectivity index (χ1) is 55.5. The molecule has 8 nitrogen and oxygen atoms in total. The lowest BCUT2D eigenvalue weighted by molar-refractivity contribution is 0.670. The van der Waals surface area contributed by atoms with Gasteiger partial charge >= 0.3 is 0 Å². The second kappa shape index (κ2) is 27.6. The highest BCUT2D eigenvalue weighted by molar-refractivity contribution is 6.28. The summed E-state index contributed by atoms with van der Waals surface area (Å²) in [6, 6.07) is 135.